The molecule has 0 saturated carbocycles. The number of nitrogens with zero attached hydrogens (tertiary/aromatic N) is 2. The first kappa shape index (κ1) is 13.6. The number of hydrogen-bond donors (Lipinski definition) is 3. The molecule has 0 bridgehead atoms. The zero-order chi connectivity index (χ0) is 14.5. The third-order valence-electron chi connectivity index (χ3n) is 2.62. The number of pyridine rings is 1. The van der Waals surface area contributed by atoms with Gasteiger partial charge in [0.2, 0.25) is 0 Å². The molecule has 7 nitrogen and oxygen atoms in total. The van der Waals surface area contributed by atoms with Gasteiger partial charge in [0.25, 0.3) is 5.91 Å². The maximum absolute atomic E-state index is 11.8. The Bertz CT molecular complexity index is 631. The third-order valence-corrected chi connectivity index (χ3v) is 2.62. The van der Waals surface area contributed by atoms with Crippen molar-refractivity contribution in [3.63, 3.8) is 0 Å². The van der Waals surface area contributed by atoms with Crippen LogP contribution in [0.1, 0.15) is 27.6 Å². The first-order valence-corrected chi connectivity index (χ1v) is 5.87. The quantitative estimate of drug-likeness (QED) is 0.333. The van der Waals surface area contributed by atoms with Crippen molar-refractivity contribution in [3.05, 3.63) is 53.2 Å². The lowest BCUT2D eigenvalue weighted by Crippen LogP contribution is -2.24. The van der Waals surface area contributed by atoms with Gasteiger partial charge in [0.05, 0.1) is 6.54 Å². The van der Waals surface area contributed by atoms with Crippen LogP contribution in [0.5, 0.6) is 0 Å². The summed E-state index contributed by atoms with van der Waals surface area (Å²) in [6.45, 7) is 2.12. The normalized spacial score (nSPS) is 11.3. The average molecular weight is 274 g/mol. The van der Waals surface area contributed by atoms with E-state index in [0.29, 0.717) is 11.3 Å². The van der Waals surface area contributed by atoms with Crippen LogP contribution in [0.15, 0.2) is 40.0 Å². The van der Waals surface area contributed by atoms with Crippen molar-refractivity contribution >= 4 is 11.7 Å². The molecule has 2 aromatic heterocycles. The average Bonchev–Trinajstić information content (AvgIpc) is 2.89. The molecule has 0 atom stereocenters. The van der Waals surface area contributed by atoms with Crippen LogP contribution in [-0.4, -0.2) is 21.9 Å². The Morgan fingerprint density at radius 2 is 2.25 bits per heavy atom. The first-order valence-electron chi connectivity index (χ1n) is 5.87. The lowest BCUT2D eigenvalue weighted by Gasteiger charge is -2.03. The van der Waals surface area contributed by atoms with Gasteiger partial charge < -0.3 is 20.7 Å². The van der Waals surface area contributed by atoms with Gasteiger partial charge in [-0.1, -0.05) is 5.16 Å². The number of aryl methyl sites for hydroxylation is 1. The molecule has 2 aromatic rings. The van der Waals surface area contributed by atoms with E-state index >= 15 is 0 Å². The molecule has 0 aliphatic rings. The van der Waals surface area contributed by atoms with E-state index in [2.05, 4.69) is 15.5 Å². The highest BCUT2D eigenvalue weighted by molar-refractivity contribution is 5.98. The van der Waals surface area contributed by atoms with Gasteiger partial charge in [-0.2, -0.15) is 0 Å². The summed E-state index contributed by atoms with van der Waals surface area (Å²) in [6, 6.07) is 6.67. The van der Waals surface area contributed by atoms with Crippen molar-refractivity contribution in [2.75, 3.05) is 0 Å². The molecular weight excluding hydrogens is 260 g/mol. The Morgan fingerprint density at radius 3 is 2.80 bits per heavy atom. The number of furan rings is 1. The SMILES string of the molecule is Cc1ccc(CNC(=O)c2ccc(C(N)=NO)cn2)o1. The fourth-order valence-electron chi connectivity index (χ4n) is 1.58. The molecule has 2 rings (SSSR count). The van der Waals surface area contributed by atoms with E-state index in [1.54, 1.807) is 12.1 Å². The minimum Gasteiger partial charge on any atom is -0.465 e. The van der Waals surface area contributed by atoms with E-state index < -0.39 is 0 Å². The number of carbonyl (C=O) groups is 1. The summed E-state index contributed by atoms with van der Waals surface area (Å²) in [5.41, 5.74) is 6.08. The molecule has 0 unspecified atom stereocenters. The van der Waals surface area contributed by atoms with E-state index in [-0.39, 0.29) is 24.0 Å². The molecule has 104 valence electrons. The summed E-state index contributed by atoms with van der Waals surface area (Å²) in [5.74, 6) is 1.07. The van der Waals surface area contributed by atoms with Crippen molar-refractivity contribution in [1.82, 2.24) is 10.3 Å². The van der Waals surface area contributed by atoms with Crippen LogP contribution >= 0.6 is 0 Å². The zero-order valence-corrected chi connectivity index (χ0v) is 10.8. The van der Waals surface area contributed by atoms with Crippen LogP contribution in [0.3, 0.4) is 0 Å². The topological polar surface area (TPSA) is 114 Å². The fourth-order valence-corrected chi connectivity index (χ4v) is 1.58. The number of oxime groups is 1. The van der Waals surface area contributed by atoms with Gasteiger partial charge in [0.1, 0.15) is 17.2 Å². The molecule has 0 spiro atoms. The van der Waals surface area contributed by atoms with Gasteiger partial charge in [-0.15, -0.1) is 0 Å². The number of nitrogens with one attached hydrogen (secondary N) is 1. The summed E-state index contributed by atoms with van der Waals surface area (Å²) in [4.78, 5) is 15.8. The van der Waals surface area contributed by atoms with Gasteiger partial charge in [-0.3, -0.25) is 9.78 Å². The van der Waals surface area contributed by atoms with Gasteiger partial charge in [-0.05, 0) is 31.2 Å². The van der Waals surface area contributed by atoms with Crippen LogP contribution in [0.2, 0.25) is 0 Å². The molecule has 0 radical (unpaired) electrons. The second kappa shape index (κ2) is 5.87. The van der Waals surface area contributed by atoms with Crippen LogP contribution in [-0.2, 0) is 6.54 Å². The van der Waals surface area contributed by atoms with Gasteiger partial charge in [0.15, 0.2) is 5.84 Å². The highest BCUT2D eigenvalue weighted by Crippen LogP contribution is 2.06. The van der Waals surface area contributed by atoms with Gasteiger partial charge in [-0.25, -0.2) is 0 Å². The fraction of sp³-hybridized carbons (Fsp3) is 0.154. The third kappa shape index (κ3) is 3.14. The van der Waals surface area contributed by atoms with E-state index in [1.165, 1.54) is 12.3 Å². The lowest BCUT2D eigenvalue weighted by atomic mass is 10.2. The molecular formula is C13H14N4O3. The summed E-state index contributed by atoms with van der Waals surface area (Å²) in [7, 11) is 0. The van der Waals surface area contributed by atoms with Crippen molar-refractivity contribution in [2.24, 2.45) is 10.9 Å². The van der Waals surface area contributed by atoms with E-state index in [0.717, 1.165) is 5.76 Å². The first-order chi connectivity index (χ1) is 9.60. The Balaban J connectivity index is 1.99. The molecule has 4 N–H and O–H groups in total. The molecule has 0 aliphatic heterocycles. The summed E-state index contributed by atoms with van der Waals surface area (Å²) < 4.78 is 5.34. The molecule has 1 amide bonds. The zero-order valence-electron chi connectivity index (χ0n) is 10.8. The molecule has 7 heteroatoms. The Labute approximate surface area is 115 Å². The number of amidine groups is 1. The molecule has 0 aliphatic carbocycles. The van der Waals surface area contributed by atoms with Crippen LogP contribution in [0.4, 0.5) is 0 Å². The lowest BCUT2D eigenvalue weighted by molar-refractivity contribution is 0.0943. The second-order valence-electron chi connectivity index (χ2n) is 4.11. The number of hydrogen-bond acceptors (Lipinski definition) is 5. The molecule has 2 heterocycles. The largest absolute Gasteiger partial charge is 0.465 e. The molecule has 0 saturated heterocycles. The monoisotopic (exact) mass is 274 g/mol. The number of carbonyl (C=O) groups excluding carboxylic acids is 1. The minimum atomic E-state index is -0.329. The number of nitrogens with two attached hydrogens (primary N) is 1. The van der Waals surface area contributed by atoms with Crippen molar-refractivity contribution in [3.8, 4) is 0 Å². The maximum Gasteiger partial charge on any atom is 0.270 e. The highest BCUT2D eigenvalue weighted by Gasteiger charge is 2.09. The maximum atomic E-state index is 11.8. The van der Waals surface area contributed by atoms with E-state index in [9.17, 15) is 4.79 Å². The Kier molecular flexibility index (Phi) is 3.99. The minimum absolute atomic E-state index is 0.0597. The van der Waals surface area contributed by atoms with Crippen LogP contribution < -0.4 is 11.1 Å². The second-order valence-corrected chi connectivity index (χ2v) is 4.11. The van der Waals surface area contributed by atoms with E-state index in [4.69, 9.17) is 15.4 Å². The van der Waals surface area contributed by atoms with Crippen molar-refractivity contribution < 1.29 is 14.4 Å². The van der Waals surface area contributed by atoms with Crippen molar-refractivity contribution in [2.45, 2.75) is 13.5 Å². The predicted octanol–water partition coefficient (Wildman–Crippen LogP) is 1.01. The molecule has 0 fully saturated rings. The van der Waals surface area contributed by atoms with Crippen molar-refractivity contribution in [1.29, 1.82) is 0 Å². The standard InChI is InChI=1S/C13H14N4O3/c1-8-2-4-10(20-8)7-16-13(18)11-5-3-9(6-15-11)12(14)17-19/h2-6,19H,7H2,1H3,(H2,14,17)(H,16,18). The van der Waals surface area contributed by atoms with Crippen LogP contribution in [0.25, 0.3) is 0 Å². The summed E-state index contributed by atoms with van der Waals surface area (Å²) in [5, 5.41) is 14.1. The van der Waals surface area contributed by atoms with E-state index in [1.807, 2.05) is 13.0 Å². The van der Waals surface area contributed by atoms with Gasteiger partial charge in [0, 0.05) is 11.8 Å². The smallest absolute Gasteiger partial charge is 0.270 e. The number of rotatable bonds is 4. The van der Waals surface area contributed by atoms with Gasteiger partial charge >= 0.3 is 0 Å². The molecule has 0 aromatic carbocycles. The Hall–Kier alpha value is -2.83. The Morgan fingerprint density at radius 1 is 1.45 bits per heavy atom. The number of amides is 1. The van der Waals surface area contributed by atoms with Crippen LogP contribution in [0, 0.1) is 6.92 Å². The highest BCUT2D eigenvalue weighted by atomic mass is 16.4. The summed E-state index contributed by atoms with van der Waals surface area (Å²) in [6.07, 6.45) is 1.36. The summed E-state index contributed by atoms with van der Waals surface area (Å²) >= 11 is 0. The predicted molar refractivity (Wildman–Crippen MR) is 71.4 cm³/mol. The number of aromatic nitrogens is 1. The molecule has 20 heavy (non-hydrogen) atoms.